The Labute approximate surface area is 147 Å². The van der Waals surface area contributed by atoms with E-state index in [9.17, 15) is 9.59 Å². The number of nitrogens with zero attached hydrogens (tertiary/aromatic N) is 4. The van der Waals surface area contributed by atoms with Gasteiger partial charge in [-0.3, -0.25) is 9.59 Å². The molecule has 0 unspecified atom stereocenters. The minimum absolute atomic E-state index is 0.0316. The monoisotopic (exact) mass is 343 g/mol. The number of likely N-dealkylation sites (tertiary alicyclic amines) is 2. The van der Waals surface area contributed by atoms with Crippen molar-refractivity contribution < 1.29 is 9.59 Å². The molecular formula is C18H25N5O2. The molecule has 1 aromatic rings. The quantitative estimate of drug-likeness (QED) is 0.831. The van der Waals surface area contributed by atoms with E-state index in [0.29, 0.717) is 17.9 Å². The molecule has 1 aromatic heterocycles. The van der Waals surface area contributed by atoms with Gasteiger partial charge in [-0.15, -0.1) is 0 Å². The zero-order valence-corrected chi connectivity index (χ0v) is 15.0. The smallest absolute Gasteiger partial charge is 0.273 e. The van der Waals surface area contributed by atoms with E-state index in [1.54, 1.807) is 13.0 Å². The first-order valence-corrected chi connectivity index (χ1v) is 9.02. The second-order valence-electron chi connectivity index (χ2n) is 7.96. The fourth-order valence-corrected chi connectivity index (χ4v) is 5.48. The Kier molecular flexibility index (Phi) is 3.53. The molecule has 134 valence electrons. The minimum atomic E-state index is -0.0815. The zero-order valence-electron chi connectivity index (χ0n) is 15.0. The Bertz CT molecular complexity index is 731. The molecule has 1 aliphatic carbocycles. The number of piperidine rings is 1. The second kappa shape index (κ2) is 5.41. The lowest BCUT2D eigenvalue weighted by molar-refractivity contribution is -0.137. The standard InChI is InChI=1S/C18H25N5O2/c1-10-7-13(21-17(19)20-10)16(25)23-12-8-18(3)14(5-4-6-15(18)23)22(9-12)11(2)24/h7,12,14-15H,4-6,8-9H2,1-3H3,(H2,19,20,21)/t12-,14+,15-,18+/m0/s1. The fourth-order valence-electron chi connectivity index (χ4n) is 5.48. The molecule has 2 aliphatic heterocycles. The number of rotatable bonds is 1. The van der Waals surface area contributed by atoms with Crippen LogP contribution < -0.4 is 5.73 Å². The molecule has 0 aromatic carbocycles. The summed E-state index contributed by atoms with van der Waals surface area (Å²) in [4.78, 5) is 37.7. The molecule has 25 heavy (non-hydrogen) atoms. The van der Waals surface area contributed by atoms with Crippen LogP contribution in [-0.4, -0.2) is 56.3 Å². The number of aromatic nitrogens is 2. The third-order valence-electron chi connectivity index (χ3n) is 6.40. The van der Waals surface area contributed by atoms with E-state index >= 15 is 0 Å². The highest BCUT2D eigenvalue weighted by atomic mass is 16.2. The lowest BCUT2D eigenvalue weighted by atomic mass is 9.66. The van der Waals surface area contributed by atoms with Crippen LogP contribution in [-0.2, 0) is 4.79 Å². The molecule has 3 fully saturated rings. The number of carbonyl (C=O) groups excluding carboxylic acids is 2. The highest BCUT2D eigenvalue weighted by molar-refractivity contribution is 5.93. The summed E-state index contributed by atoms with van der Waals surface area (Å²) < 4.78 is 0. The van der Waals surface area contributed by atoms with Gasteiger partial charge in [0.1, 0.15) is 5.69 Å². The van der Waals surface area contributed by atoms with Crippen molar-refractivity contribution in [2.24, 2.45) is 5.41 Å². The Balaban J connectivity index is 1.73. The van der Waals surface area contributed by atoms with Crippen LogP contribution in [0.2, 0.25) is 0 Å². The van der Waals surface area contributed by atoms with Gasteiger partial charge in [0.2, 0.25) is 11.9 Å². The largest absolute Gasteiger partial charge is 0.368 e. The number of fused-ring (bicyclic) bond motifs is 1. The maximum absolute atomic E-state index is 13.3. The second-order valence-corrected chi connectivity index (χ2v) is 7.96. The van der Waals surface area contributed by atoms with Crippen LogP contribution in [0.1, 0.15) is 55.7 Å². The fraction of sp³-hybridized carbons (Fsp3) is 0.667. The summed E-state index contributed by atoms with van der Waals surface area (Å²) in [5.74, 6) is 0.156. The topological polar surface area (TPSA) is 92.4 Å². The van der Waals surface area contributed by atoms with Crippen LogP contribution in [0.5, 0.6) is 0 Å². The molecule has 4 rings (SSSR count). The van der Waals surface area contributed by atoms with Gasteiger partial charge in [-0.1, -0.05) is 6.92 Å². The Morgan fingerprint density at radius 3 is 2.68 bits per heavy atom. The molecule has 2 bridgehead atoms. The molecule has 1 saturated carbocycles. The highest BCUT2D eigenvalue weighted by Gasteiger charge is 2.61. The van der Waals surface area contributed by atoms with Crippen molar-refractivity contribution in [2.45, 2.75) is 64.6 Å². The molecule has 0 radical (unpaired) electrons. The lowest BCUT2D eigenvalue weighted by Gasteiger charge is -2.49. The van der Waals surface area contributed by atoms with Crippen LogP contribution in [0.25, 0.3) is 0 Å². The molecule has 2 saturated heterocycles. The summed E-state index contributed by atoms with van der Waals surface area (Å²) in [5.41, 5.74) is 6.76. The average molecular weight is 343 g/mol. The van der Waals surface area contributed by atoms with E-state index in [1.807, 2.05) is 16.7 Å². The van der Waals surface area contributed by atoms with Crippen LogP contribution in [0, 0.1) is 12.3 Å². The summed E-state index contributed by atoms with van der Waals surface area (Å²) in [7, 11) is 0. The van der Waals surface area contributed by atoms with Crippen LogP contribution >= 0.6 is 0 Å². The molecule has 0 spiro atoms. The third kappa shape index (κ3) is 2.32. The first-order chi connectivity index (χ1) is 11.8. The molecule has 3 heterocycles. The SMILES string of the molecule is CC(=O)N1C[C@@H]2C[C@@]3(C)[C@H](CCC[C@@H]13)N2C(=O)c1cc(C)nc(N)n1. The lowest BCUT2D eigenvalue weighted by Crippen LogP contribution is -2.57. The summed E-state index contributed by atoms with van der Waals surface area (Å²) >= 11 is 0. The number of anilines is 1. The molecule has 2 amide bonds. The number of nitrogens with two attached hydrogens (primary N) is 1. The molecule has 4 atom stereocenters. The van der Waals surface area contributed by atoms with E-state index < -0.39 is 0 Å². The zero-order chi connectivity index (χ0) is 17.9. The van der Waals surface area contributed by atoms with Gasteiger partial charge in [0, 0.05) is 36.7 Å². The van der Waals surface area contributed by atoms with Crippen LogP contribution in [0.4, 0.5) is 5.95 Å². The van der Waals surface area contributed by atoms with Gasteiger partial charge in [0.15, 0.2) is 0 Å². The van der Waals surface area contributed by atoms with Gasteiger partial charge in [-0.25, -0.2) is 9.97 Å². The number of carbonyl (C=O) groups is 2. The maximum atomic E-state index is 13.3. The van der Waals surface area contributed by atoms with Gasteiger partial charge < -0.3 is 15.5 Å². The molecule has 2 N–H and O–H groups in total. The number of aryl methyl sites for hydroxylation is 1. The van der Waals surface area contributed by atoms with E-state index in [-0.39, 0.29) is 41.3 Å². The number of nitrogen functional groups attached to an aromatic ring is 1. The first-order valence-electron chi connectivity index (χ1n) is 9.02. The van der Waals surface area contributed by atoms with Crippen molar-refractivity contribution in [1.29, 1.82) is 0 Å². The van der Waals surface area contributed by atoms with Crippen molar-refractivity contribution >= 4 is 17.8 Å². The summed E-state index contributed by atoms with van der Waals surface area (Å²) in [6.07, 6.45) is 4.01. The summed E-state index contributed by atoms with van der Waals surface area (Å²) in [5, 5.41) is 0. The first kappa shape index (κ1) is 16.3. The van der Waals surface area contributed by atoms with Crippen molar-refractivity contribution in [1.82, 2.24) is 19.8 Å². The molecule has 3 aliphatic rings. The Morgan fingerprint density at radius 1 is 1.28 bits per heavy atom. The van der Waals surface area contributed by atoms with E-state index in [1.165, 1.54) is 0 Å². The van der Waals surface area contributed by atoms with E-state index in [2.05, 4.69) is 16.9 Å². The van der Waals surface area contributed by atoms with E-state index in [4.69, 9.17) is 5.73 Å². The normalized spacial score (nSPS) is 33.5. The molecule has 7 heteroatoms. The van der Waals surface area contributed by atoms with Gasteiger partial charge in [-0.05, 0) is 38.7 Å². The number of hydrogen-bond donors (Lipinski definition) is 1. The average Bonchev–Trinajstić information content (AvgIpc) is 2.82. The van der Waals surface area contributed by atoms with Gasteiger partial charge in [-0.2, -0.15) is 0 Å². The highest BCUT2D eigenvalue weighted by Crippen LogP contribution is 2.54. The predicted octanol–water partition coefficient (Wildman–Crippen LogP) is 1.37. The Hall–Kier alpha value is -2.18. The molecule has 7 nitrogen and oxygen atoms in total. The van der Waals surface area contributed by atoms with Crippen molar-refractivity contribution in [3.05, 3.63) is 17.5 Å². The van der Waals surface area contributed by atoms with Crippen LogP contribution in [0.3, 0.4) is 0 Å². The van der Waals surface area contributed by atoms with Gasteiger partial charge in [0.05, 0.1) is 6.04 Å². The van der Waals surface area contributed by atoms with Gasteiger partial charge >= 0.3 is 0 Å². The van der Waals surface area contributed by atoms with Crippen molar-refractivity contribution in [3.63, 3.8) is 0 Å². The predicted molar refractivity (Wildman–Crippen MR) is 92.7 cm³/mol. The third-order valence-corrected chi connectivity index (χ3v) is 6.40. The number of amides is 2. The van der Waals surface area contributed by atoms with Crippen molar-refractivity contribution in [2.75, 3.05) is 12.3 Å². The van der Waals surface area contributed by atoms with Crippen molar-refractivity contribution in [3.8, 4) is 0 Å². The maximum Gasteiger partial charge on any atom is 0.273 e. The minimum Gasteiger partial charge on any atom is -0.368 e. The Morgan fingerprint density at radius 2 is 2.00 bits per heavy atom. The van der Waals surface area contributed by atoms with Gasteiger partial charge in [0.25, 0.3) is 5.91 Å². The number of hydrogen-bond acceptors (Lipinski definition) is 5. The summed E-state index contributed by atoms with van der Waals surface area (Å²) in [6, 6.07) is 2.14. The molecular weight excluding hydrogens is 318 g/mol. The van der Waals surface area contributed by atoms with Crippen LogP contribution in [0.15, 0.2) is 6.07 Å². The van der Waals surface area contributed by atoms with E-state index in [0.717, 1.165) is 25.7 Å². The summed E-state index contributed by atoms with van der Waals surface area (Å²) in [6.45, 7) is 6.32.